The number of rotatable bonds is 4. The fraction of sp³-hybridized carbons (Fsp3) is 0.385. The lowest BCUT2D eigenvalue weighted by atomic mass is 9.85. The van der Waals surface area contributed by atoms with E-state index in [-0.39, 0.29) is 12.4 Å². The Morgan fingerprint density at radius 2 is 2.32 bits per heavy atom. The molecule has 3 aromatic heterocycles. The topological polar surface area (TPSA) is 111 Å². The predicted molar refractivity (Wildman–Crippen MR) is 72.8 cm³/mol. The van der Waals surface area contributed by atoms with Gasteiger partial charge in [0.1, 0.15) is 0 Å². The molecule has 1 amide bonds. The molecular formula is C13H13N7O2. The van der Waals surface area contributed by atoms with E-state index in [1.165, 1.54) is 10.9 Å². The van der Waals surface area contributed by atoms with Crippen LogP contribution >= 0.6 is 0 Å². The molecule has 0 unspecified atom stereocenters. The van der Waals surface area contributed by atoms with Gasteiger partial charge in [-0.3, -0.25) is 4.79 Å². The summed E-state index contributed by atoms with van der Waals surface area (Å²) in [5.41, 5.74) is 0. The van der Waals surface area contributed by atoms with E-state index < -0.39 is 5.91 Å². The van der Waals surface area contributed by atoms with Crippen molar-refractivity contribution >= 4 is 11.7 Å². The Hall–Kier alpha value is -2.84. The first kappa shape index (κ1) is 12.9. The van der Waals surface area contributed by atoms with Crippen LogP contribution in [0, 0.1) is 0 Å². The minimum absolute atomic E-state index is 0.0569. The molecule has 0 aliphatic heterocycles. The first-order chi connectivity index (χ1) is 10.8. The number of carbonyl (C=O) groups excluding carboxylic acids is 1. The number of nitrogens with one attached hydrogen (secondary N) is 1. The third-order valence-electron chi connectivity index (χ3n) is 3.66. The molecule has 3 aromatic rings. The fourth-order valence-electron chi connectivity index (χ4n) is 2.23. The highest BCUT2D eigenvalue weighted by Gasteiger charge is 2.25. The summed E-state index contributed by atoms with van der Waals surface area (Å²) >= 11 is 0. The highest BCUT2D eigenvalue weighted by Crippen LogP contribution is 2.35. The van der Waals surface area contributed by atoms with Crippen LogP contribution in [0.2, 0.25) is 0 Å². The normalized spacial score (nSPS) is 14.9. The number of nitrogens with zero attached hydrogens (tertiary/aromatic N) is 6. The van der Waals surface area contributed by atoms with Crippen LogP contribution in [-0.2, 0) is 6.54 Å². The maximum Gasteiger partial charge on any atom is 0.291 e. The number of hydrogen-bond acceptors (Lipinski definition) is 7. The van der Waals surface area contributed by atoms with E-state index in [1.54, 1.807) is 18.5 Å². The summed E-state index contributed by atoms with van der Waals surface area (Å²) < 4.78 is 6.64. The second-order valence-electron chi connectivity index (χ2n) is 5.16. The molecule has 1 aliphatic rings. The van der Waals surface area contributed by atoms with Crippen LogP contribution in [0.25, 0.3) is 5.78 Å². The SMILES string of the molecule is O=C(NCc1noc(C2CCC2)n1)c1nc2ncccn2n1. The fourth-order valence-corrected chi connectivity index (χ4v) is 2.23. The smallest absolute Gasteiger partial charge is 0.291 e. The van der Waals surface area contributed by atoms with Gasteiger partial charge in [-0.1, -0.05) is 11.6 Å². The van der Waals surface area contributed by atoms with Crippen molar-refractivity contribution in [2.45, 2.75) is 31.7 Å². The summed E-state index contributed by atoms with van der Waals surface area (Å²) in [7, 11) is 0. The lowest BCUT2D eigenvalue weighted by Crippen LogP contribution is -2.24. The standard InChI is InChI=1S/C13H13N7O2/c21-11(10-17-13-14-5-2-6-20(13)18-10)15-7-9-16-12(22-19-9)8-3-1-4-8/h2,5-6,8H,1,3-4,7H2,(H,15,21). The highest BCUT2D eigenvalue weighted by molar-refractivity contribution is 5.90. The van der Waals surface area contributed by atoms with Crippen LogP contribution in [0.4, 0.5) is 0 Å². The average molecular weight is 299 g/mol. The largest absolute Gasteiger partial charge is 0.342 e. The van der Waals surface area contributed by atoms with Gasteiger partial charge in [0.15, 0.2) is 5.82 Å². The van der Waals surface area contributed by atoms with Crippen molar-refractivity contribution in [1.29, 1.82) is 0 Å². The monoisotopic (exact) mass is 299 g/mol. The summed E-state index contributed by atoms with van der Waals surface area (Å²) in [6.45, 7) is 0.179. The van der Waals surface area contributed by atoms with Crippen molar-refractivity contribution in [3.05, 3.63) is 36.0 Å². The Morgan fingerprint density at radius 1 is 1.41 bits per heavy atom. The van der Waals surface area contributed by atoms with E-state index in [0.29, 0.717) is 23.4 Å². The number of aromatic nitrogens is 6. The van der Waals surface area contributed by atoms with Crippen molar-refractivity contribution < 1.29 is 9.32 Å². The summed E-state index contributed by atoms with van der Waals surface area (Å²) in [6, 6.07) is 1.71. The molecule has 1 N–H and O–H groups in total. The average Bonchev–Trinajstić information content (AvgIpc) is 3.09. The highest BCUT2D eigenvalue weighted by atomic mass is 16.5. The van der Waals surface area contributed by atoms with E-state index >= 15 is 0 Å². The molecule has 3 heterocycles. The summed E-state index contributed by atoms with van der Waals surface area (Å²) in [5.74, 6) is 1.52. The van der Waals surface area contributed by atoms with E-state index in [1.807, 2.05) is 0 Å². The Balaban J connectivity index is 1.42. The summed E-state index contributed by atoms with van der Waals surface area (Å²) in [6.07, 6.45) is 6.65. The van der Waals surface area contributed by atoms with Crippen LogP contribution < -0.4 is 5.32 Å². The molecule has 4 rings (SSSR count). The zero-order valence-corrected chi connectivity index (χ0v) is 11.6. The van der Waals surface area contributed by atoms with E-state index in [9.17, 15) is 4.79 Å². The lowest BCUT2D eigenvalue weighted by Gasteiger charge is -2.20. The molecule has 0 radical (unpaired) electrons. The third kappa shape index (κ3) is 2.30. The second-order valence-corrected chi connectivity index (χ2v) is 5.16. The van der Waals surface area contributed by atoms with Gasteiger partial charge < -0.3 is 9.84 Å². The predicted octanol–water partition coefficient (Wildman–Crippen LogP) is 0.705. The van der Waals surface area contributed by atoms with E-state index in [4.69, 9.17) is 4.52 Å². The number of hydrogen-bond donors (Lipinski definition) is 1. The zero-order chi connectivity index (χ0) is 14.9. The molecule has 0 spiro atoms. The quantitative estimate of drug-likeness (QED) is 0.755. The maximum atomic E-state index is 12.0. The molecule has 9 nitrogen and oxygen atoms in total. The van der Waals surface area contributed by atoms with Gasteiger partial charge in [-0.25, -0.2) is 9.50 Å². The molecule has 1 aliphatic carbocycles. The zero-order valence-electron chi connectivity index (χ0n) is 11.6. The van der Waals surface area contributed by atoms with Crippen molar-refractivity contribution in [2.75, 3.05) is 0 Å². The van der Waals surface area contributed by atoms with E-state index in [2.05, 4.69) is 30.5 Å². The van der Waals surface area contributed by atoms with Crippen LogP contribution in [-0.4, -0.2) is 35.6 Å². The van der Waals surface area contributed by atoms with Gasteiger partial charge >= 0.3 is 0 Å². The Labute approximate surface area is 124 Å². The van der Waals surface area contributed by atoms with E-state index in [0.717, 1.165) is 12.8 Å². The number of amides is 1. The van der Waals surface area contributed by atoms with Gasteiger partial charge in [0, 0.05) is 18.3 Å². The van der Waals surface area contributed by atoms with Crippen LogP contribution in [0.1, 0.15) is 47.5 Å². The van der Waals surface area contributed by atoms with Gasteiger partial charge in [-0.15, -0.1) is 5.10 Å². The molecule has 0 bridgehead atoms. The second kappa shape index (κ2) is 5.17. The van der Waals surface area contributed by atoms with Crippen LogP contribution in [0.15, 0.2) is 23.0 Å². The van der Waals surface area contributed by atoms with Gasteiger partial charge in [0.05, 0.1) is 6.54 Å². The Kier molecular flexibility index (Phi) is 3.02. The van der Waals surface area contributed by atoms with Crippen LogP contribution in [0.3, 0.4) is 0 Å². The summed E-state index contributed by atoms with van der Waals surface area (Å²) in [4.78, 5) is 24.4. The molecule has 0 saturated heterocycles. The molecule has 0 atom stereocenters. The van der Waals surface area contributed by atoms with Crippen LogP contribution in [0.5, 0.6) is 0 Å². The molecular weight excluding hydrogens is 286 g/mol. The van der Waals surface area contributed by atoms with Crippen molar-refractivity contribution in [3.8, 4) is 0 Å². The third-order valence-corrected chi connectivity index (χ3v) is 3.66. The molecule has 112 valence electrons. The first-order valence-corrected chi connectivity index (χ1v) is 7.08. The molecule has 9 heteroatoms. The molecule has 22 heavy (non-hydrogen) atoms. The van der Waals surface area contributed by atoms with Gasteiger partial charge in [-0.05, 0) is 18.9 Å². The first-order valence-electron chi connectivity index (χ1n) is 7.08. The van der Waals surface area contributed by atoms with Gasteiger partial charge in [0.25, 0.3) is 11.7 Å². The minimum atomic E-state index is -0.402. The summed E-state index contributed by atoms with van der Waals surface area (Å²) in [5, 5.41) is 10.6. The van der Waals surface area contributed by atoms with Crippen molar-refractivity contribution in [1.82, 2.24) is 35.0 Å². The van der Waals surface area contributed by atoms with Gasteiger partial charge in [0.2, 0.25) is 11.7 Å². The molecule has 1 fully saturated rings. The maximum absolute atomic E-state index is 12.0. The number of fused-ring (bicyclic) bond motifs is 1. The van der Waals surface area contributed by atoms with Gasteiger partial charge in [-0.2, -0.15) is 9.97 Å². The van der Waals surface area contributed by atoms with Crippen molar-refractivity contribution in [2.24, 2.45) is 0 Å². The molecule has 0 aromatic carbocycles. The minimum Gasteiger partial charge on any atom is -0.342 e. The number of carbonyl (C=O) groups is 1. The van der Waals surface area contributed by atoms with Crippen molar-refractivity contribution in [3.63, 3.8) is 0 Å². The Bertz CT molecular complexity index is 788. The Morgan fingerprint density at radius 3 is 3.09 bits per heavy atom. The lowest BCUT2D eigenvalue weighted by molar-refractivity contribution is 0.0939. The molecule has 1 saturated carbocycles.